The monoisotopic (exact) mass is 267 g/mol. The van der Waals surface area contributed by atoms with Crippen LogP contribution in [0.25, 0.3) is 0 Å². The minimum Gasteiger partial charge on any atom is -0.480 e. The zero-order valence-corrected chi connectivity index (χ0v) is 10.5. The van der Waals surface area contributed by atoms with E-state index in [0.717, 1.165) is 30.6 Å². The number of hydrogen-bond acceptors (Lipinski definition) is 2. The Kier molecular flexibility index (Phi) is 5.44. The standard InChI is InChI=1S/C12H20F3NO2/c1-2-9-5-3-4-6-10(9)16(7-11(17)18)8-12(13,14)15/h9-10H,2-8H2,1H3,(H,17,18). The summed E-state index contributed by atoms with van der Waals surface area (Å²) in [6.07, 6.45) is -0.0576. The third-order valence-electron chi connectivity index (χ3n) is 3.58. The molecule has 1 rings (SSSR count). The van der Waals surface area contributed by atoms with Crippen molar-refractivity contribution in [3.05, 3.63) is 0 Å². The number of carboxylic acid groups (broad SMARTS) is 1. The summed E-state index contributed by atoms with van der Waals surface area (Å²) in [5.41, 5.74) is 0. The molecule has 0 amide bonds. The SMILES string of the molecule is CCC1CCCCC1N(CC(=O)O)CC(F)(F)F. The summed E-state index contributed by atoms with van der Waals surface area (Å²) in [5, 5.41) is 8.76. The van der Waals surface area contributed by atoms with Crippen LogP contribution in [0.15, 0.2) is 0 Å². The second kappa shape index (κ2) is 6.41. The van der Waals surface area contributed by atoms with Gasteiger partial charge in [-0.1, -0.05) is 26.2 Å². The minimum absolute atomic E-state index is 0.181. The van der Waals surface area contributed by atoms with Gasteiger partial charge in [0, 0.05) is 6.04 Å². The molecule has 106 valence electrons. The predicted octanol–water partition coefficient (Wildman–Crippen LogP) is 2.90. The molecule has 0 aromatic carbocycles. The summed E-state index contributed by atoms with van der Waals surface area (Å²) in [4.78, 5) is 11.8. The zero-order valence-electron chi connectivity index (χ0n) is 10.5. The molecular weight excluding hydrogens is 247 g/mol. The van der Waals surface area contributed by atoms with Gasteiger partial charge in [-0.15, -0.1) is 0 Å². The van der Waals surface area contributed by atoms with Crippen molar-refractivity contribution >= 4 is 5.97 Å². The predicted molar refractivity (Wildman–Crippen MR) is 61.3 cm³/mol. The van der Waals surface area contributed by atoms with Gasteiger partial charge < -0.3 is 5.11 Å². The lowest BCUT2D eigenvalue weighted by Gasteiger charge is -2.39. The van der Waals surface area contributed by atoms with Gasteiger partial charge >= 0.3 is 12.1 Å². The molecule has 2 atom stereocenters. The number of aliphatic carboxylic acids is 1. The lowest BCUT2D eigenvalue weighted by molar-refractivity contribution is -0.161. The number of carbonyl (C=O) groups is 1. The Balaban J connectivity index is 2.75. The summed E-state index contributed by atoms with van der Waals surface area (Å²) < 4.78 is 37.5. The third-order valence-corrected chi connectivity index (χ3v) is 3.58. The maximum atomic E-state index is 12.5. The first-order valence-corrected chi connectivity index (χ1v) is 6.36. The van der Waals surface area contributed by atoms with Gasteiger partial charge in [0.1, 0.15) is 0 Å². The van der Waals surface area contributed by atoms with E-state index in [9.17, 15) is 18.0 Å². The first-order valence-electron chi connectivity index (χ1n) is 6.36. The van der Waals surface area contributed by atoms with Gasteiger partial charge in [-0.2, -0.15) is 13.2 Å². The van der Waals surface area contributed by atoms with Crippen molar-refractivity contribution in [2.24, 2.45) is 5.92 Å². The maximum Gasteiger partial charge on any atom is 0.401 e. The lowest BCUT2D eigenvalue weighted by atomic mass is 9.82. The molecule has 0 aromatic rings. The van der Waals surface area contributed by atoms with E-state index in [1.54, 1.807) is 0 Å². The molecule has 1 aliphatic rings. The number of halogens is 3. The van der Waals surface area contributed by atoms with Gasteiger partial charge in [0.05, 0.1) is 13.1 Å². The molecule has 2 unspecified atom stereocenters. The third kappa shape index (κ3) is 4.84. The molecule has 0 aliphatic heterocycles. The van der Waals surface area contributed by atoms with Gasteiger partial charge in [0.2, 0.25) is 0 Å². The second-order valence-electron chi connectivity index (χ2n) is 4.93. The Labute approximate surface area is 105 Å². The van der Waals surface area contributed by atoms with Crippen LogP contribution in [-0.4, -0.2) is 41.3 Å². The van der Waals surface area contributed by atoms with Gasteiger partial charge in [-0.3, -0.25) is 9.69 Å². The largest absolute Gasteiger partial charge is 0.480 e. The molecular formula is C12H20F3NO2. The smallest absolute Gasteiger partial charge is 0.401 e. The average Bonchev–Trinajstić information content (AvgIpc) is 2.25. The number of hydrogen-bond donors (Lipinski definition) is 1. The number of nitrogens with zero attached hydrogens (tertiary/aromatic N) is 1. The van der Waals surface area contributed by atoms with E-state index in [2.05, 4.69) is 0 Å². The van der Waals surface area contributed by atoms with E-state index in [1.807, 2.05) is 6.92 Å². The van der Waals surface area contributed by atoms with E-state index < -0.39 is 25.2 Å². The van der Waals surface area contributed by atoms with E-state index in [-0.39, 0.29) is 12.0 Å². The van der Waals surface area contributed by atoms with Crippen molar-refractivity contribution in [3.8, 4) is 0 Å². The van der Waals surface area contributed by atoms with Gasteiger partial charge in [-0.05, 0) is 18.8 Å². The van der Waals surface area contributed by atoms with Crippen molar-refractivity contribution < 1.29 is 23.1 Å². The molecule has 0 spiro atoms. The first kappa shape index (κ1) is 15.3. The lowest BCUT2D eigenvalue weighted by Crippen LogP contribution is -2.48. The zero-order chi connectivity index (χ0) is 13.8. The molecule has 0 bridgehead atoms. The van der Waals surface area contributed by atoms with Gasteiger partial charge in [-0.25, -0.2) is 0 Å². The van der Waals surface area contributed by atoms with Crippen molar-refractivity contribution in [2.45, 2.75) is 51.2 Å². The molecule has 6 heteroatoms. The van der Waals surface area contributed by atoms with Crippen LogP contribution < -0.4 is 0 Å². The highest BCUT2D eigenvalue weighted by Crippen LogP contribution is 2.32. The highest BCUT2D eigenvalue weighted by molar-refractivity contribution is 5.69. The van der Waals surface area contributed by atoms with E-state index in [1.165, 1.54) is 0 Å². The van der Waals surface area contributed by atoms with Crippen LogP contribution in [0, 0.1) is 5.92 Å². The summed E-state index contributed by atoms with van der Waals surface area (Å²) in [6, 6.07) is -0.249. The molecule has 0 radical (unpaired) electrons. The number of rotatable bonds is 5. The minimum atomic E-state index is -4.34. The fourth-order valence-electron chi connectivity index (χ4n) is 2.84. The Morgan fingerprint density at radius 1 is 1.33 bits per heavy atom. The van der Waals surface area contributed by atoms with Crippen LogP contribution in [0.5, 0.6) is 0 Å². The van der Waals surface area contributed by atoms with Crippen LogP contribution in [-0.2, 0) is 4.79 Å². The molecule has 1 N–H and O–H groups in total. The molecule has 1 saturated carbocycles. The normalized spacial score (nSPS) is 25.4. The number of alkyl halides is 3. The van der Waals surface area contributed by atoms with E-state index in [4.69, 9.17) is 5.11 Å². The molecule has 1 aliphatic carbocycles. The summed E-state index contributed by atoms with van der Waals surface area (Å²) in [7, 11) is 0. The van der Waals surface area contributed by atoms with Crippen molar-refractivity contribution in [1.82, 2.24) is 4.90 Å². The quantitative estimate of drug-likeness (QED) is 0.832. The van der Waals surface area contributed by atoms with Crippen LogP contribution >= 0.6 is 0 Å². The summed E-state index contributed by atoms with van der Waals surface area (Å²) in [5.74, 6) is -1.01. The molecule has 0 heterocycles. The Hall–Kier alpha value is -0.780. The molecule has 0 aromatic heterocycles. The van der Waals surface area contributed by atoms with Crippen molar-refractivity contribution in [2.75, 3.05) is 13.1 Å². The fourth-order valence-corrected chi connectivity index (χ4v) is 2.84. The topological polar surface area (TPSA) is 40.5 Å². The van der Waals surface area contributed by atoms with Crippen molar-refractivity contribution in [1.29, 1.82) is 0 Å². The Morgan fingerprint density at radius 2 is 1.94 bits per heavy atom. The van der Waals surface area contributed by atoms with E-state index in [0.29, 0.717) is 6.42 Å². The molecule has 0 saturated heterocycles. The average molecular weight is 267 g/mol. The Morgan fingerprint density at radius 3 is 2.44 bits per heavy atom. The molecule has 18 heavy (non-hydrogen) atoms. The van der Waals surface area contributed by atoms with Crippen LogP contribution in [0.3, 0.4) is 0 Å². The van der Waals surface area contributed by atoms with E-state index >= 15 is 0 Å². The highest BCUT2D eigenvalue weighted by atomic mass is 19.4. The van der Waals surface area contributed by atoms with Crippen molar-refractivity contribution in [3.63, 3.8) is 0 Å². The Bertz CT molecular complexity index is 281. The van der Waals surface area contributed by atoms with Crippen LogP contribution in [0.4, 0.5) is 13.2 Å². The molecule has 3 nitrogen and oxygen atoms in total. The fraction of sp³-hybridized carbons (Fsp3) is 0.917. The van der Waals surface area contributed by atoms with Crippen LogP contribution in [0.2, 0.25) is 0 Å². The maximum absolute atomic E-state index is 12.5. The summed E-state index contributed by atoms with van der Waals surface area (Å²) in [6.45, 7) is 0.302. The van der Waals surface area contributed by atoms with Gasteiger partial charge in [0.25, 0.3) is 0 Å². The van der Waals surface area contributed by atoms with Gasteiger partial charge in [0.15, 0.2) is 0 Å². The number of carboxylic acids is 1. The summed E-state index contributed by atoms with van der Waals surface area (Å²) >= 11 is 0. The molecule has 1 fully saturated rings. The second-order valence-corrected chi connectivity index (χ2v) is 4.93. The highest BCUT2D eigenvalue weighted by Gasteiger charge is 2.37. The first-order chi connectivity index (χ1) is 8.33. The van der Waals surface area contributed by atoms with Crippen LogP contribution in [0.1, 0.15) is 39.0 Å².